The van der Waals surface area contributed by atoms with Crippen LogP contribution in [0.25, 0.3) is 17.0 Å². The van der Waals surface area contributed by atoms with Gasteiger partial charge >= 0.3 is 0 Å². The molecular formula is C29H26ClN3O3. The molecule has 182 valence electrons. The molecule has 0 saturated carbocycles. The number of halogens is 1. The lowest BCUT2D eigenvalue weighted by Gasteiger charge is -2.09. The number of hydrogen-bond donors (Lipinski definition) is 3. The number of allylic oxidation sites excluding steroid dienone is 1. The maximum absolute atomic E-state index is 12.4. The Morgan fingerprint density at radius 3 is 2.69 bits per heavy atom. The lowest BCUT2D eigenvalue weighted by molar-refractivity contribution is 0.104. The molecule has 0 fully saturated rings. The van der Waals surface area contributed by atoms with E-state index in [1.165, 1.54) is 18.2 Å². The lowest BCUT2D eigenvalue weighted by atomic mass is 10.0. The van der Waals surface area contributed by atoms with Gasteiger partial charge in [0.2, 0.25) is 0 Å². The molecule has 0 aliphatic rings. The molecule has 1 aromatic heterocycles. The highest BCUT2D eigenvalue weighted by molar-refractivity contribution is 6.31. The minimum atomic E-state index is -0.173. The van der Waals surface area contributed by atoms with Gasteiger partial charge in [0.05, 0.1) is 5.52 Å². The number of rotatable bonds is 9. The number of carbonyl (C=O) groups is 1. The SMILES string of the molecule is Cc1cc(/C=C/C(=O)c2ccc(O)cc2)cc(C=NCCCNc2ccnc3cc(Cl)ccc23)c1O. The average molecular weight is 500 g/mol. The summed E-state index contributed by atoms with van der Waals surface area (Å²) in [5, 5.41) is 24.9. The Bertz CT molecular complexity index is 1450. The van der Waals surface area contributed by atoms with Crippen molar-refractivity contribution in [3.63, 3.8) is 0 Å². The molecule has 0 aliphatic carbocycles. The quantitative estimate of drug-likeness (QED) is 0.107. The zero-order valence-corrected chi connectivity index (χ0v) is 20.5. The van der Waals surface area contributed by atoms with E-state index in [-0.39, 0.29) is 17.3 Å². The fraction of sp³-hybridized carbons (Fsp3) is 0.138. The van der Waals surface area contributed by atoms with Crippen LogP contribution in [0.1, 0.15) is 33.5 Å². The van der Waals surface area contributed by atoms with E-state index >= 15 is 0 Å². The fourth-order valence-corrected chi connectivity index (χ4v) is 3.92. The van der Waals surface area contributed by atoms with Crippen LogP contribution >= 0.6 is 11.6 Å². The molecular weight excluding hydrogens is 474 g/mol. The summed E-state index contributed by atoms with van der Waals surface area (Å²) in [5.74, 6) is 0.106. The van der Waals surface area contributed by atoms with Crippen molar-refractivity contribution >= 4 is 46.3 Å². The van der Waals surface area contributed by atoms with Gasteiger partial charge in [0.25, 0.3) is 0 Å². The minimum Gasteiger partial charge on any atom is -0.508 e. The predicted molar refractivity (Wildman–Crippen MR) is 147 cm³/mol. The minimum absolute atomic E-state index is 0.112. The fourth-order valence-electron chi connectivity index (χ4n) is 3.76. The van der Waals surface area contributed by atoms with Crippen molar-refractivity contribution in [3.8, 4) is 11.5 Å². The maximum atomic E-state index is 12.4. The summed E-state index contributed by atoms with van der Waals surface area (Å²) in [6.45, 7) is 3.12. The second-order valence-corrected chi connectivity index (χ2v) is 8.79. The summed E-state index contributed by atoms with van der Waals surface area (Å²) in [6, 6.07) is 17.3. The molecule has 7 heteroatoms. The number of aromatic nitrogens is 1. The van der Waals surface area contributed by atoms with Crippen LogP contribution in [-0.2, 0) is 0 Å². The van der Waals surface area contributed by atoms with Gasteiger partial charge in [-0.05, 0) is 91.2 Å². The largest absolute Gasteiger partial charge is 0.508 e. The van der Waals surface area contributed by atoms with Gasteiger partial charge in [-0.2, -0.15) is 0 Å². The molecule has 1 heterocycles. The van der Waals surface area contributed by atoms with Crippen molar-refractivity contribution in [2.24, 2.45) is 4.99 Å². The summed E-state index contributed by atoms with van der Waals surface area (Å²) in [6.07, 6.45) is 7.39. The van der Waals surface area contributed by atoms with Gasteiger partial charge in [-0.3, -0.25) is 14.8 Å². The van der Waals surface area contributed by atoms with Crippen molar-refractivity contribution in [1.82, 2.24) is 4.98 Å². The number of anilines is 1. The molecule has 6 nitrogen and oxygen atoms in total. The molecule has 0 saturated heterocycles. The summed E-state index contributed by atoms with van der Waals surface area (Å²) >= 11 is 6.05. The molecule has 0 unspecified atom stereocenters. The van der Waals surface area contributed by atoms with E-state index in [4.69, 9.17) is 11.6 Å². The number of ketones is 1. The Morgan fingerprint density at radius 1 is 1.08 bits per heavy atom. The smallest absolute Gasteiger partial charge is 0.185 e. The zero-order chi connectivity index (χ0) is 25.5. The third-order valence-electron chi connectivity index (χ3n) is 5.65. The molecule has 0 spiro atoms. The predicted octanol–water partition coefficient (Wildman–Crippen LogP) is 6.43. The molecule has 0 bridgehead atoms. The Hall–Kier alpha value is -4.16. The van der Waals surface area contributed by atoms with Crippen molar-refractivity contribution in [2.45, 2.75) is 13.3 Å². The number of nitrogens with one attached hydrogen (secondary N) is 1. The van der Waals surface area contributed by atoms with Crippen LogP contribution in [0, 0.1) is 6.92 Å². The average Bonchev–Trinajstić information content (AvgIpc) is 2.87. The van der Waals surface area contributed by atoms with Gasteiger partial charge < -0.3 is 15.5 Å². The van der Waals surface area contributed by atoms with Gasteiger partial charge in [-0.1, -0.05) is 17.7 Å². The Labute approximate surface area is 214 Å². The van der Waals surface area contributed by atoms with Crippen molar-refractivity contribution < 1.29 is 15.0 Å². The highest BCUT2D eigenvalue weighted by Crippen LogP contribution is 2.25. The van der Waals surface area contributed by atoms with E-state index in [1.807, 2.05) is 37.3 Å². The van der Waals surface area contributed by atoms with Crippen LogP contribution in [0.2, 0.25) is 5.02 Å². The van der Waals surface area contributed by atoms with Crippen LogP contribution in [-0.4, -0.2) is 40.3 Å². The molecule has 3 N–H and O–H groups in total. The molecule has 0 amide bonds. The number of phenolic OH excluding ortho intramolecular Hbond substituents is 2. The van der Waals surface area contributed by atoms with Crippen molar-refractivity contribution in [3.05, 3.63) is 100 Å². The third kappa shape index (κ3) is 6.29. The number of aromatic hydroxyl groups is 2. The maximum Gasteiger partial charge on any atom is 0.185 e. The molecule has 3 aromatic carbocycles. The van der Waals surface area contributed by atoms with Gasteiger partial charge in [-0.25, -0.2) is 0 Å². The molecule has 0 atom stereocenters. The number of carbonyl (C=O) groups excluding carboxylic acids is 1. The molecule has 36 heavy (non-hydrogen) atoms. The standard InChI is InChI=1S/C29H26ClN3O3/c1-19-15-20(3-10-28(35)21-4-7-24(34)8-5-21)16-22(29(19)36)18-31-12-2-13-32-26-11-14-33-27-17-23(30)6-9-25(26)27/h3-11,14-18,34,36H,2,12-13H2,1H3,(H,32,33)/b10-3+,31-18?. The monoisotopic (exact) mass is 499 g/mol. The van der Waals surface area contributed by atoms with Crippen LogP contribution < -0.4 is 5.32 Å². The van der Waals surface area contributed by atoms with Crippen LogP contribution in [0.4, 0.5) is 5.69 Å². The first kappa shape index (κ1) is 24.9. The molecule has 0 aliphatic heterocycles. The third-order valence-corrected chi connectivity index (χ3v) is 5.88. The number of aryl methyl sites for hydroxylation is 1. The number of phenols is 2. The van der Waals surface area contributed by atoms with Crippen LogP contribution in [0.3, 0.4) is 0 Å². The molecule has 4 rings (SSSR count). The summed E-state index contributed by atoms with van der Waals surface area (Å²) < 4.78 is 0. The Kier molecular flexibility index (Phi) is 7.98. The topological polar surface area (TPSA) is 94.8 Å². The second-order valence-electron chi connectivity index (χ2n) is 8.36. The van der Waals surface area contributed by atoms with Crippen LogP contribution in [0.15, 0.2) is 77.9 Å². The van der Waals surface area contributed by atoms with Crippen LogP contribution in [0.5, 0.6) is 11.5 Å². The number of pyridine rings is 1. The normalized spacial score (nSPS) is 11.5. The van der Waals surface area contributed by atoms with Crippen molar-refractivity contribution in [2.75, 3.05) is 18.4 Å². The van der Waals surface area contributed by atoms with Gasteiger partial charge in [-0.15, -0.1) is 0 Å². The Morgan fingerprint density at radius 2 is 1.89 bits per heavy atom. The molecule has 0 radical (unpaired) electrons. The number of nitrogens with zero attached hydrogens (tertiary/aromatic N) is 2. The number of aliphatic imine (C=N–C) groups is 1. The second kappa shape index (κ2) is 11.5. The zero-order valence-electron chi connectivity index (χ0n) is 19.8. The number of benzene rings is 3. The van der Waals surface area contributed by atoms with Gasteiger partial charge in [0, 0.05) is 52.7 Å². The van der Waals surface area contributed by atoms with Crippen molar-refractivity contribution in [1.29, 1.82) is 0 Å². The van der Waals surface area contributed by atoms with Gasteiger partial charge in [0.1, 0.15) is 11.5 Å². The van der Waals surface area contributed by atoms with E-state index in [9.17, 15) is 15.0 Å². The highest BCUT2D eigenvalue weighted by Gasteiger charge is 2.06. The molecule has 4 aromatic rings. The summed E-state index contributed by atoms with van der Waals surface area (Å²) in [7, 11) is 0. The van der Waals surface area contributed by atoms with E-state index < -0.39 is 0 Å². The first-order valence-corrected chi connectivity index (χ1v) is 11.9. The van der Waals surface area contributed by atoms with E-state index in [2.05, 4.69) is 15.3 Å². The summed E-state index contributed by atoms with van der Waals surface area (Å²) in [5.41, 5.74) is 4.40. The lowest BCUT2D eigenvalue weighted by Crippen LogP contribution is -2.04. The highest BCUT2D eigenvalue weighted by atomic mass is 35.5. The van der Waals surface area contributed by atoms with E-state index in [1.54, 1.807) is 36.7 Å². The van der Waals surface area contributed by atoms with E-state index in [0.29, 0.717) is 28.3 Å². The first-order chi connectivity index (χ1) is 17.4. The Balaban J connectivity index is 1.35. The summed E-state index contributed by atoms with van der Waals surface area (Å²) in [4.78, 5) is 21.2. The first-order valence-electron chi connectivity index (χ1n) is 11.5. The number of fused-ring (bicyclic) bond motifs is 1. The van der Waals surface area contributed by atoms with E-state index in [0.717, 1.165) is 35.1 Å². The number of hydrogen-bond acceptors (Lipinski definition) is 6. The van der Waals surface area contributed by atoms with Gasteiger partial charge in [0.15, 0.2) is 5.78 Å².